The first-order valence-corrected chi connectivity index (χ1v) is 16.3. The third kappa shape index (κ3) is 11.6. The number of sulfonamides is 1. The Balaban J connectivity index is 1.80. The molecule has 0 atom stereocenters. The molecule has 0 saturated carbocycles. The predicted octanol–water partition coefficient (Wildman–Crippen LogP) is 4.25. The highest BCUT2D eigenvalue weighted by molar-refractivity contribution is 7.91. The minimum absolute atomic E-state index is 0.208. The number of rotatable bonds is 8. The zero-order chi connectivity index (χ0) is 36.9. The van der Waals surface area contributed by atoms with Crippen molar-refractivity contribution in [2.75, 3.05) is 4.72 Å². The van der Waals surface area contributed by atoms with E-state index >= 15 is 0 Å². The number of ether oxygens (including phenoxy) is 2. The Labute approximate surface area is 280 Å². The van der Waals surface area contributed by atoms with Crippen LogP contribution in [0.2, 0.25) is 0 Å². The smallest absolute Gasteiger partial charge is 0.437 e. The lowest BCUT2D eigenvalue weighted by Crippen LogP contribution is -2.37. The topological polar surface area (TPSA) is 180 Å². The van der Waals surface area contributed by atoms with Crippen LogP contribution in [0.25, 0.3) is 0 Å². The van der Waals surface area contributed by atoms with Crippen LogP contribution in [0.15, 0.2) is 58.6 Å². The second kappa shape index (κ2) is 14.6. The normalized spacial score (nSPS) is 12.7. The van der Waals surface area contributed by atoms with Gasteiger partial charge in [0, 0.05) is 30.2 Å². The molecule has 0 aliphatic rings. The average Bonchev–Trinajstić information content (AvgIpc) is 2.93. The second-order valence-corrected chi connectivity index (χ2v) is 14.5. The molecule has 2 N–H and O–H groups in total. The predicted molar refractivity (Wildman–Crippen MR) is 171 cm³/mol. The third-order valence-corrected chi connectivity index (χ3v) is 7.37. The molecule has 0 bridgehead atoms. The molecule has 3 rings (SSSR count). The van der Waals surface area contributed by atoms with Gasteiger partial charge in [-0.05, 0) is 72.2 Å². The molecule has 0 unspecified atom stereocenters. The van der Waals surface area contributed by atoms with Gasteiger partial charge >= 0.3 is 18.4 Å². The van der Waals surface area contributed by atoms with Crippen LogP contribution in [0.5, 0.6) is 0 Å². The van der Waals surface area contributed by atoms with Gasteiger partial charge in [0.1, 0.15) is 23.4 Å². The van der Waals surface area contributed by atoms with Gasteiger partial charge in [0.2, 0.25) is 21.5 Å². The number of nitrogens with zero attached hydrogens (tertiary/aromatic N) is 4. The molecule has 0 spiro atoms. The number of nitrogens with one attached hydrogen (secondary N) is 2. The first-order valence-electron chi connectivity index (χ1n) is 14.7. The van der Waals surface area contributed by atoms with E-state index in [2.05, 4.69) is 15.3 Å². The van der Waals surface area contributed by atoms with E-state index in [0.717, 1.165) is 33.4 Å². The highest BCUT2D eigenvalue weighted by Gasteiger charge is 2.34. The van der Waals surface area contributed by atoms with Crippen molar-refractivity contribution in [1.29, 1.82) is 0 Å². The number of carbonyl (C=O) groups is 3. The zero-order valence-corrected chi connectivity index (χ0v) is 28.7. The Morgan fingerprint density at radius 2 is 1.59 bits per heavy atom. The molecule has 2 aromatic heterocycles. The molecule has 2 heterocycles. The molecule has 266 valence electrons. The van der Waals surface area contributed by atoms with Crippen molar-refractivity contribution in [1.82, 2.24) is 19.4 Å². The Kier molecular flexibility index (Phi) is 11.5. The summed E-state index contributed by atoms with van der Waals surface area (Å²) in [6.07, 6.45) is -4.23. The maximum absolute atomic E-state index is 13.4. The van der Waals surface area contributed by atoms with Crippen molar-refractivity contribution >= 4 is 33.8 Å². The molecule has 1 aromatic carbocycles. The zero-order valence-electron chi connectivity index (χ0n) is 27.8. The summed E-state index contributed by atoms with van der Waals surface area (Å²) >= 11 is 0. The van der Waals surface area contributed by atoms with Gasteiger partial charge in [-0.2, -0.15) is 13.2 Å². The number of halogens is 3. The van der Waals surface area contributed by atoms with Crippen molar-refractivity contribution in [2.45, 2.75) is 84.7 Å². The van der Waals surface area contributed by atoms with Crippen LogP contribution in [-0.4, -0.2) is 51.8 Å². The number of anilines is 1. The fourth-order valence-electron chi connectivity index (χ4n) is 4.12. The van der Waals surface area contributed by atoms with Gasteiger partial charge in [-0.25, -0.2) is 27.6 Å². The molecule has 0 aliphatic carbocycles. The quantitative estimate of drug-likeness (QED) is 0.346. The van der Waals surface area contributed by atoms with Crippen LogP contribution in [0.1, 0.15) is 63.9 Å². The van der Waals surface area contributed by atoms with Gasteiger partial charge in [0.25, 0.3) is 5.56 Å². The molecule has 2 amide bonds. The lowest BCUT2D eigenvalue weighted by Gasteiger charge is -2.20. The number of amides is 2. The summed E-state index contributed by atoms with van der Waals surface area (Å²) in [4.78, 5) is 59.1. The Morgan fingerprint density at radius 1 is 0.959 bits per heavy atom. The monoisotopic (exact) mass is 710 g/mol. The van der Waals surface area contributed by atoms with E-state index in [-0.39, 0.29) is 23.4 Å². The summed E-state index contributed by atoms with van der Waals surface area (Å²) in [5.74, 6) is -1.76. The first-order chi connectivity index (χ1) is 22.4. The van der Waals surface area contributed by atoms with E-state index in [1.807, 2.05) is 4.72 Å². The molecule has 49 heavy (non-hydrogen) atoms. The van der Waals surface area contributed by atoms with Gasteiger partial charge in [0.15, 0.2) is 0 Å². The highest BCUT2D eigenvalue weighted by atomic mass is 32.2. The fraction of sp³-hybridized carbons (Fsp3) is 0.419. The average molecular weight is 711 g/mol. The van der Waals surface area contributed by atoms with E-state index in [0.29, 0.717) is 0 Å². The molecule has 18 heteroatoms. The summed E-state index contributed by atoms with van der Waals surface area (Å²) in [6.45, 7) is 10.5. The largest absolute Gasteiger partial charge is 0.443 e. The van der Waals surface area contributed by atoms with Gasteiger partial charge in [-0.15, -0.1) is 4.99 Å². The fourth-order valence-corrected chi connectivity index (χ4v) is 5.35. The summed E-state index contributed by atoms with van der Waals surface area (Å²) in [5.41, 5.74) is -4.61. The van der Waals surface area contributed by atoms with Crippen molar-refractivity contribution in [3.8, 4) is 0 Å². The van der Waals surface area contributed by atoms with E-state index in [1.165, 1.54) is 31.5 Å². The number of pyridine rings is 1. The Bertz CT molecular complexity index is 1970. The SMILES string of the molecule is Cc1ccc(NS(=O)(=O)Cc2ccccc2C(F)(F)F)c(=O)n1CC(=O)NCc1cn/c(=N\C(=O)OC(C)(C)C)n(C(=O)OC(C)(C)C)c1. The summed E-state index contributed by atoms with van der Waals surface area (Å²) < 4.78 is 80.1. The summed E-state index contributed by atoms with van der Waals surface area (Å²) in [7, 11) is -4.49. The van der Waals surface area contributed by atoms with Crippen molar-refractivity contribution in [2.24, 2.45) is 4.99 Å². The van der Waals surface area contributed by atoms with Crippen molar-refractivity contribution < 1.29 is 45.4 Å². The van der Waals surface area contributed by atoms with E-state index in [9.17, 15) is 40.8 Å². The number of alkyl halides is 3. The minimum Gasteiger partial charge on any atom is -0.443 e. The van der Waals surface area contributed by atoms with Crippen molar-refractivity contribution in [3.05, 3.63) is 87.1 Å². The molecule has 0 saturated heterocycles. The number of carbonyl (C=O) groups excluding carboxylic acids is 3. The van der Waals surface area contributed by atoms with Gasteiger partial charge in [-0.3, -0.25) is 14.3 Å². The lowest BCUT2D eigenvalue weighted by molar-refractivity contribution is -0.138. The van der Waals surface area contributed by atoms with Crippen LogP contribution in [0, 0.1) is 6.92 Å². The molecule has 14 nitrogen and oxygen atoms in total. The van der Waals surface area contributed by atoms with Gasteiger partial charge in [-0.1, -0.05) is 18.2 Å². The number of benzene rings is 1. The highest BCUT2D eigenvalue weighted by Crippen LogP contribution is 2.32. The standard InChI is InChI=1S/C31H37F3N6O8S/c1-19-12-13-23(38-49(45,46)18-21-10-8-9-11-22(21)31(32,33)34)25(42)39(19)17-24(41)35-14-20-15-36-26(37-27(43)47-29(2,3)4)40(16-20)28(44)48-30(5,6)7/h8-13,15-16,38H,14,17-18H2,1-7H3,(H,35,41)/b37-26+. The van der Waals surface area contributed by atoms with Crippen LogP contribution in [0.3, 0.4) is 0 Å². The second-order valence-electron chi connectivity index (χ2n) is 12.8. The van der Waals surface area contributed by atoms with E-state index in [4.69, 9.17) is 9.47 Å². The summed E-state index contributed by atoms with van der Waals surface area (Å²) in [5, 5.41) is 2.56. The maximum atomic E-state index is 13.4. The summed E-state index contributed by atoms with van der Waals surface area (Å²) in [6, 6.07) is 6.67. The van der Waals surface area contributed by atoms with E-state index < -0.39 is 80.2 Å². The first kappa shape index (κ1) is 38.4. The minimum atomic E-state index is -4.79. The maximum Gasteiger partial charge on any atom is 0.437 e. The number of aryl methyl sites for hydroxylation is 1. The van der Waals surface area contributed by atoms with Crippen LogP contribution in [-0.2, 0) is 49.3 Å². The van der Waals surface area contributed by atoms with Gasteiger partial charge < -0.3 is 19.4 Å². The Hall–Kier alpha value is -5.00. The number of hydrogen-bond donors (Lipinski definition) is 2. The molecule has 0 fully saturated rings. The van der Waals surface area contributed by atoms with Crippen LogP contribution < -0.4 is 21.2 Å². The number of hydrogen-bond acceptors (Lipinski definition) is 9. The Morgan fingerprint density at radius 3 is 2.20 bits per heavy atom. The van der Waals surface area contributed by atoms with Crippen LogP contribution >= 0.6 is 0 Å². The van der Waals surface area contributed by atoms with Crippen LogP contribution in [0.4, 0.5) is 28.4 Å². The third-order valence-electron chi connectivity index (χ3n) is 6.15. The molecular formula is C31H37F3N6O8S. The molecule has 0 radical (unpaired) electrons. The van der Waals surface area contributed by atoms with Crippen molar-refractivity contribution in [3.63, 3.8) is 0 Å². The lowest BCUT2D eigenvalue weighted by atomic mass is 10.1. The number of aromatic nitrogens is 3. The molecular weight excluding hydrogens is 673 g/mol. The van der Waals surface area contributed by atoms with Gasteiger partial charge in [0.05, 0.1) is 11.3 Å². The van der Waals surface area contributed by atoms with E-state index in [1.54, 1.807) is 41.5 Å². The molecule has 0 aliphatic heterocycles. The molecule has 3 aromatic rings.